The molecular weight excluding hydrogens is 1110 g/mol. The van der Waals surface area contributed by atoms with Gasteiger partial charge in [-0.15, -0.1) is 0 Å². The van der Waals surface area contributed by atoms with E-state index in [9.17, 15) is 14.4 Å². The molecule has 0 N–H and O–H groups in total. The number of esters is 3. The molecule has 0 saturated carbocycles. The molecule has 75 heavy (non-hydrogen) atoms. The maximum absolute atomic E-state index is 13.0. The Labute approximate surface area is 498 Å². The molecule has 0 bridgehead atoms. The van der Waals surface area contributed by atoms with E-state index in [-0.39, 0.29) is 49.1 Å². The van der Waals surface area contributed by atoms with Crippen LogP contribution in [0.3, 0.4) is 0 Å². The van der Waals surface area contributed by atoms with Crippen molar-refractivity contribution in [2.45, 2.75) is 278 Å². The van der Waals surface area contributed by atoms with Gasteiger partial charge in [-0.3, -0.25) is 14.4 Å². The summed E-state index contributed by atoms with van der Waals surface area (Å²) in [7, 11) is 18.6. The number of carbonyl (C=O) groups excluding carboxylic acids is 3. The molecule has 0 aliphatic heterocycles. The Bertz CT molecular complexity index is 1180. The highest BCUT2D eigenvalue weighted by atomic mass is 33.5. The van der Waals surface area contributed by atoms with Crippen molar-refractivity contribution in [1.29, 1.82) is 0 Å². The van der Waals surface area contributed by atoms with Gasteiger partial charge < -0.3 is 24.0 Å². The monoisotopic (exact) mass is 1220 g/mol. The summed E-state index contributed by atoms with van der Waals surface area (Å²) in [6.45, 7) is 16.0. The summed E-state index contributed by atoms with van der Waals surface area (Å²) in [6, 6.07) is 0. The van der Waals surface area contributed by atoms with Gasteiger partial charge in [0.25, 0.3) is 0 Å². The van der Waals surface area contributed by atoms with Gasteiger partial charge in [0.05, 0.1) is 19.3 Å². The molecule has 0 spiro atoms. The summed E-state index contributed by atoms with van der Waals surface area (Å²) in [4.78, 5) is 43.1. The summed E-state index contributed by atoms with van der Waals surface area (Å²) in [5, 5.41) is 0. The maximum atomic E-state index is 13.0. The van der Waals surface area contributed by atoms with Crippen LogP contribution < -0.4 is 0 Å². The van der Waals surface area contributed by atoms with Gasteiger partial charge in [-0.05, 0) is 96.1 Å². The van der Waals surface area contributed by atoms with Crippen molar-refractivity contribution in [3.63, 3.8) is 0 Å². The number of unbranched alkanes of at least 4 members (excludes halogenated alkanes) is 27. The minimum Gasteiger partial charge on any atom is -0.462 e. The van der Waals surface area contributed by atoms with E-state index >= 15 is 0 Å². The second kappa shape index (κ2) is 61.5. The third kappa shape index (κ3) is 59.9. The molecular formula is C58H114N2O6S9. The Balaban J connectivity index is 4.59. The second-order valence-corrected chi connectivity index (χ2v) is 33.9. The number of ether oxygens (including phenoxy) is 3. The molecule has 0 aromatic carbocycles. The number of nitrogens with zero attached hydrogens (tertiary/aromatic N) is 2. The van der Waals surface area contributed by atoms with Crippen molar-refractivity contribution < 1.29 is 28.6 Å². The van der Waals surface area contributed by atoms with Crippen molar-refractivity contribution in [1.82, 2.24) is 9.80 Å². The average molecular weight is 1220 g/mol. The molecule has 8 nitrogen and oxygen atoms in total. The molecule has 0 aromatic rings. The zero-order valence-electron chi connectivity index (χ0n) is 49.1. The molecule has 0 saturated heterocycles. The van der Waals surface area contributed by atoms with Crippen molar-refractivity contribution in [3.8, 4) is 0 Å². The number of hydrogen-bond donors (Lipinski definition) is 0. The van der Waals surface area contributed by atoms with Gasteiger partial charge in [0.15, 0.2) is 0 Å². The highest BCUT2D eigenvalue weighted by Crippen LogP contribution is 2.37. The van der Waals surface area contributed by atoms with Crippen molar-refractivity contribution in [2.75, 3.05) is 74.3 Å². The van der Waals surface area contributed by atoms with E-state index in [1.807, 2.05) is 89.7 Å². The van der Waals surface area contributed by atoms with E-state index in [4.69, 9.17) is 14.2 Å². The molecule has 17 heteroatoms. The summed E-state index contributed by atoms with van der Waals surface area (Å²) in [5.74, 6) is 5.29. The largest absolute Gasteiger partial charge is 0.462 e. The third-order valence-electron chi connectivity index (χ3n) is 12.9. The van der Waals surface area contributed by atoms with E-state index in [2.05, 4.69) is 30.6 Å². The van der Waals surface area contributed by atoms with Crippen molar-refractivity contribution >= 4 is 112 Å². The topological polar surface area (TPSA) is 85.4 Å². The fraction of sp³-hybridized carbons (Fsp3) is 0.948. The van der Waals surface area contributed by atoms with Crippen LogP contribution in [-0.4, -0.2) is 120 Å². The molecule has 0 rings (SSSR count). The highest BCUT2D eigenvalue weighted by Gasteiger charge is 2.17. The van der Waals surface area contributed by atoms with Gasteiger partial charge in [-0.25, -0.2) is 0 Å². The zero-order chi connectivity index (χ0) is 54.9. The lowest BCUT2D eigenvalue weighted by Gasteiger charge is -2.24. The molecule has 446 valence electrons. The Morgan fingerprint density at radius 1 is 0.333 bits per heavy atom. The summed E-state index contributed by atoms with van der Waals surface area (Å²) in [5.41, 5.74) is 0. The van der Waals surface area contributed by atoms with Crippen LogP contribution in [-0.2, 0) is 28.6 Å². The van der Waals surface area contributed by atoms with Crippen LogP contribution in [0.15, 0.2) is 0 Å². The Hall–Kier alpha value is 1.48. The van der Waals surface area contributed by atoms with Crippen LogP contribution in [0, 0.1) is 0 Å². The number of hydrogen-bond acceptors (Lipinski definition) is 17. The first-order chi connectivity index (χ1) is 36.6. The molecule has 0 aliphatic carbocycles. The first kappa shape index (κ1) is 76.5. The van der Waals surface area contributed by atoms with Crippen LogP contribution in [0.2, 0.25) is 0 Å². The SMILES string of the molecule is CCCCCCCCCCCCSSSCC(C)OC(=O)CCN(C)CCCN(CCC(=O)OC(C)CSSSCCCCCCCCCCCC)CCC(=O)OC(C)CSSSCCCCCCCCCCCC. The molecule has 0 heterocycles. The summed E-state index contributed by atoms with van der Waals surface area (Å²) in [6.07, 6.45) is 42.2. The van der Waals surface area contributed by atoms with E-state index in [1.165, 1.54) is 210 Å². The quantitative estimate of drug-likeness (QED) is 0.0250. The molecule has 3 unspecified atom stereocenters. The molecule has 0 aromatic heterocycles. The van der Waals surface area contributed by atoms with Gasteiger partial charge in [0, 0.05) is 54.2 Å². The van der Waals surface area contributed by atoms with Gasteiger partial charge in [-0.2, -0.15) is 0 Å². The summed E-state index contributed by atoms with van der Waals surface area (Å²) >= 11 is 0. The fourth-order valence-corrected chi connectivity index (χ4v) is 20.3. The van der Waals surface area contributed by atoms with Crippen molar-refractivity contribution in [3.05, 3.63) is 0 Å². The predicted molar refractivity (Wildman–Crippen MR) is 352 cm³/mol. The first-order valence-electron chi connectivity index (χ1n) is 30.3. The fourth-order valence-electron chi connectivity index (χ4n) is 8.26. The lowest BCUT2D eigenvalue weighted by molar-refractivity contribution is -0.148. The van der Waals surface area contributed by atoms with Gasteiger partial charge in [0.1, 0.15) is 18.3 Å². The smallest absolute Gasteiger partial charge is 0.307 e. The molecule has 0 aliphatic rings. The highest BCUT2D eigenvalue weighted by molar-refractivity contribution is 9.10. The number of rotatable bonds is 61. The van der Waals surface area contributed by atoms with Crippen LogP contribution >= 0.6 is 94.2 Å². The van der Waals surface area contributed by atoms with Crippen LogP contribution in [0.1, 0.15) is 260 Å². The normalized spacial score (nSPS) is 12.9. The van der Waals surface area contributed by atoms with E-state index < -0.39 is 0 Å². The first-order valence-corrected chi connectivity index (χ1v) is 41.8. The Kier molecular flexibility index (Phi) is 62.8. The van der Waals surface area contributed by atoms with Gasteiger partial charge >= 0.3 is 17.9 Å². The number of carbonyl (C=O) groups is 3. The van der Waals surface area contributed by atoms with Crippen LogP contribution in [0.25, 0.3) is 0 Å². The zero-order valence-corrected chi connectivity index (χ0v) is 56.4. The van der Waals surface area contributed by atoms with Crippen LogP contribution in [0.5, 0.6) is 0 Å². The molecule has 3 atom stereocenters. The third-order valence-corrected chi connectivity index (χ3v) is 26.3. The molecule has 0 fully saturated rings. The van der Waals surface area contributed by atoms with Crippen LogP contribution in [0.4, 0.5) is 0 Å². The molecule has 0 amide bonds. The minimum atomic E-state index is -0.196. The second-order valence-electron chi connectivity index (χ2n) is 20.7. The minimum absolute atomic E-state index is 0.113. The Morgan fingerprint density at radius 2 is 0.600 bits per heavy atom. The van der Waals surface area contributed by atoms with Crippen molar-refractivity contribution in [2.24, 2.45) is 0 Å². The lowest BCUT2D eigenvalue weighted by Crippen LogP contribution is -2.34. The molecule has 0 radical (unpaired) electrons. The van der Waals surface area contributed by atoms with Gasteiger partial charge in [0.2, 0.25) is 0 Å². The predicted octanol–water partition coefficient (Wildman–Crippen LogP) is 20.4. The lowest BCUT2D eigenvalue weighted by atomic mass is 10.1. The average Bonchev–Trinajstić information content (AvgIpc) is 3.38. The van der Waals surface area contributed by atoms with E-state index in [0.29, 0.717) is 26.1 Å². The van der Waals surface area contributed by atoms with E-state index in [0.717, 1.165) is 36.8 Å². The Morgan fingerprint density at radius 3 is 0.893 bits per heavy atom. The standard InChI is InChI=1S/C58H114N2O6S9/c1-8-11-14-17-20-23-26-29-32-35-47-67-73-70-50-53(4)64-56(61)39-44-59(7)42-38-43-60(45-40-57(62)65-54(5)51-71-74-68-48-36-33-30-27-24-21-18-15-12-9-2)46-41-58(63)66-55(6)52-72-75-69-49-37-34-31-28-25-22-19-16-13-10-3/h53-55H,8-52H2,1-7H3. The van der Waals surface area contributed by atoms with Gasteiger partial charge in [-0.1, -0.05) is 259 Å². The maximum Gasteiger partial charge on any atom is 0.307 e. The van der Waals surface area contributed by atoms with E-state index in [1.54, 1.807) is 32.4 Å². The summed E-state index contributed by atoms with van der Waals surface area (Å²) < 4.78 is 17.4.